The van der Waals surface area contributed by atoms with Gasteiger partial charge in [-0.15, -0.1) is 0 Å². The smallest absolute Gasteiger partial charge is 0.193 e. The van der Waals surface area contributed by atoms with E-state index in [1.807, 2.05) is 36.4 Å². The molecule has 0 bridgehead atoms. The van der Waals surface area contributed by atoms with Crippen molar-refractivity contribution in [2.24, 2.45) is 11.8 Å². The molecule has 8 heterocycles. The van der Waals surface area contributed by atoms with E-state index in [2.05, 4.69) is 58.5 Å². The molecule has 0 saturated carbocycles. The Morgan fingerprint density at radius 1 is 0.644 bits per heavy atom. The van der Waals surface area contributed by atoms with Crippen LogP contribution in [-0.2, 0) is 33.6 Å². The van der Waals surface area contributed by atoms with Crippen LogP contribution in [0, 0.1) is 11.8 Å². The van der Waals surface area contributed by atoms with Gasteiger partial charge in [0.1, 0.15) is 52.2 Å². The molecule has 4 aliphatic heterocycles. The predicted molar refractivity (Wildman–Crippen MR) is 279 cm³/mol. The quantitative estimate of drug-likeness (QED) is 0.0905. The van der Waals surface area contributed by atoms with E-state index in [1.165, 1.54) is 23.0 Å². The number of ether oxygens (including phenoxy) is 6. The number of nitrogens with one attached hydrogen (secondary N) is 2. The number of ketones is 1. The largest absolute Gasteiger partial charge is 0.470 e. The Hall–Kier alpha value is -5.14. The van der Waals surface area contributed by atoms with Gasteiger partial charge in [-0.1, -0.05) is 83.9 Å². The van der Waals surface area contributed by atoms with Gasteiger partial charge in [-0.3, -0.25) is 0 Å². The van der Waals surface area contributed by atoms with Crippen LogP contribution in [-0.4, -0.2) is 132 Å². The number of hydrogen-bond acceptors (Lipinski definition) is 13. The molecule has 6 aliphatic rings. The van der Waals surface area contributed by atoms with Gasteiger partial charge >= 0.3 is 0 Å². The molecular formula is C55H58Cl2N4O11S. The molecule has 4 aromatic heterocycles. The number of benzene rings is 2. The zero-order chi connectivity index (χ0) is 50.5. The van der Waals surface area contributed by atoms with Crippen LogP contribution in [0.1, 0.15) is 63.0 Å². The predicted octanol–water partition coefficient (Wildman–Crippen LogP) is 8.97. The summed E-state index contributed by atoms with van der Waals surface area (Å²) in [7, 11) is -2.95. The number of carbonyl (C=O) groups is 1. The molecule has 0 spiro atoms. The zero-order valence-corrected chi connectivity index (χ0v) is 42.8. The fourth-order valence-corrected chi connectivity index (χ4v) is 12.8. The molecule has 18 heteroatoms. The van der Waals surface area contributed by atoms with Crippen molar-refractivity contribution in [1.29, 1.82) is 0 Å². The number of aromatic nitrogens is 4. The number of pyridine rings is 2. The molecule has 0 amide bonds. The minimum Gasteiger partial charge on any atom is -0.470 e. The fraction of sp³-hybridized carbons (Fsp3) is 0.436. The van der Waals surface area contributed by atoms with Gasteiger partial charge in [-0.05, 0) is 91.7 Å². The Kier molecular flexibility index (Phi) is 14.3. The van der Waals surface area contributed by atoms with Crippen molar-refractivity contribution < 1.29 is 51.8 Å². The van der Waals surface area contributed by atoms with Gasteiger partial charge in [0.25, 0.3) is 0 Å². The molecule has 6 aromatic rings. The first-order chi connectivity index (χ1) is 35.2. The number of nitrogens with zero attached hydrogens (tertiary/aromatic N) is 2. The number of aliphatic hydroxyl groups excluding tert-OH is 2. The third-order valence-electron chi connectivity index (χ3n) is 14.8. The highest BCUT2D eigenvalue weighted by Crippen LogP contribution is 2.39. The Morgan fingerprint density at radius 2 is 1.07 bits per heavy atom. The standard InChI is InChI=1S/C28H29ClN2O5.C27H29ClN2O6S/c1-15(32)10-16-2-4-17(5-3-16)18-6-8-19(9-7-18)26-20(29)11-21-22(31-26)12-25(30-21)36-24-14-35-27-23(33)13-34-28(24)27;1-37(32,33)14-15-2-4-16(5-3-15)17-6-8-18(9-7-17)25-19(28)10-20-21(30-25)11-24(29-20)36-23-13-35-26-22(31)12-34-27(23)26/h4,6-9,11-12,16,23-24,27-28,30,33H,2-3,5,10,13-14H2,1H3;4,6-11,15,22-23,26-27,29,31H,2-3,5,12-14H2,1H3/t16?,23-,24-,27-,28-;15?,22-,23-,26-,27-/m11/s1. The molecule has 2 aromatic carbocycles. The van der Waals surface area contributed by atoms with Crippen molar-refractivity contribution in [1.82, 2.24) is 19.9 Å². The first-order valence-electron chi connectivity index (χ1n) is 25.0. The van der Waals surface area contributed by atoms with E-state index in [0.717, 1.165) is 77.3 Å². The maximum Gasteiger partial charge on any atom is 0.193 e. The molecule has 4 saturated heterocycles. The van der Waals surface area contributed by atoms with Crippen LogP contribution in [0.15, 0.2) is 84.9 Å². The molecule has 12 rings (SSSR count). The van der Waals surface area contributed by atoms with Crippen LogP contribution in [0.3, 0.4) is 0 Å². The minimum atomic E-state index is -2.95. The number of aromatic amines is 2. The van der Waals surface area contributed by atoms with E-state index in [-0.39, 0.29) is 67.3 Å². The summed E-state index contributed by atoms with van der Waals surface area (Å²) in [5, 5.41) is 21.0. The molecule has 4 N–H and O–H groups in total. The lowest BCUT2D eigenvalue weighted by Gasteiger charge is -2.21. The lowest BCUT2D eigenvalue weighted by molar-refractivity contribution is -0.117. The lowest BCUT2D eigenvalue weighted by Crippen LogP contribution is -2.34. The number of allylic oxidation sites excluding steroid dienone is 4. The molecule has 2 unspecified atom stereocenters. The number of carbonyl (C=O) groups excluding carboxylic acids is 1. The third kappa shape index (κ3) is 11.0. The molecule has 384 valence electrons. The van der Waals surface area contributed by atoms with Crippen molar-refractivity contribution >= 4 is 72.0 Å². The van der Waals surface area contributed by atoms with Gasteiger partial charge in [-0.25, -0.2) is 18.4 Å². The second kappa shape index (κ2) is 20.9. The molecule has 2 aliphatic carbocycles. The first kappa shape index (κ1) is 50.0. The van der Waals surface area contributed by atoms with E-state index >= 15 is 0 Å². The van der Waals surface area contributed by atoms with Crippen molar-refractivity contribution in [3.8, 4) is 34.3 Å². The average Bonchev–Trinajstić information content (AvgIpc) is 4.24. The summed E-state index contributed by atoms with van der Waals surface area (Å²) in [5.74, 6) is 2.29. The van der Waals surface area contributed by atoms with E-state index < -0.39 is 22.0 Å². The summed E-state index contributed by atoms with van der Waals surface area (Å²) in [5.41, 5.74) is 11.2. The van der Waals surface area contributed by atoms with Crippen LogP contribution in [0.25, 0.3) is 55.7 Å². The number of aliphatic hydroxyl groups is 2. The number of sulfone groups is 1. The van der Waals surface area contributed by atoms with Gasteiger partial charge in [0, 0.05) is 35.9 Å². The summed E-state index contributed by atoms with van der Waals surface area (Å²) in [6, 6.07) is 23.9. The lowest BCUT2D eigenvalue weighted by atomic mass is 9.84. The highest BCUT2D eigenvalue weighted by atomic mass is 35.5. The van der Waals surface area contributed by atoms with Gasteiger partial charge < -0.3 is 53.4 Å². The molecule has 0 radical (unpaired) electrons. The number of rotatable bonds is 12. The van der Waals surface area contributed by atoms with Crippen molar-refractivity contribution in [2.45, 2.75) is 101 Å². The molecule has 4 fully saturated rings. The zero-order valence-electron chi connectivity index (χ0n) is 40.5. The Balaban J connectivity index is 0.000000157. The highest BCUT2D eigenvalue weighted by molar-refractivity contribution is 7.90. The maximum atomic E-state index is 11.6. The summed E-state index contributed by atoms with van der Waals surface area (Å²) < 4.78 is 58.0. The summed E-state index contributed by atoms with van der Waals surface area (Å²) in [6.07, 6.45) is 8.85. The van der Waals surface area contributed by atoms with Crippen molar-refractivity contribution in [2.75, 3.05) is 38.4 Å². The number of hydrogen-bond donors (Lipinski definition) is 4. The van der Waals surface area contributed by atoms with E-state index in [4.69, 9.17) is 61.6 Å². The first-order valence-corrected chi connectivity index (χ1v) is 27.8. The Labute approximate surface area is 433 Å². The highest BCUT2D eigenvalue weighted by Gasteiger charge is 2.49. The SMILES string of the molecule is CC(=O)CC1CC=C(c2ccc(-c3nc4cc(O[C@@H]5CO[C@H]6[C@@H]5OC[C@H]6O)[nH]c4cc3Cl)cc2)CC1.CS(=O)(=O)CC1CC=C(c2ccc(-c3nc4cc(O[C@@H]5CO[C@H]6[C@@H]5OC[C@H]6O)[nH]c4cc3Cl)cc2)CC1. The van der Waals surface area contributed by atoms with Crippen LogP contribution in [0.5, 0.6) is 11.8 Å². The van der Waals surface area contributed by atoms with Gasteiger partial charge in [0.15, 0.2) is 24.0 Å². The van der Waals surface area contributed by atoms with Crippen molar-refractivity contribution in [3.05, 3.63) is 106 Å². The maximum absolute atomic E-state index is 11.6. The number of Topliss-reactive ketones (excluding diaryl/α,β-unsaturated/α-hetero) is 1. The monoisotopic (exact) mass is 1050 g/mol. The van der Waals surface area contributed by atoms with Gasteiger partial charge in [-0.2, -0.15) is 0 Å². The molecule has 15 nitrogen and oxygen atoms in total. The Bertz CT molecular complexity index is 3190. The second-order valence-electron chi connectivity index (χ2n) is 20.3. The van der Waals surface area contributed by atoms with E-state index in [0.29, 0.717) is 58.7 Å². The summed E-state index contributed by atoms with van der Waals surface area (Å²) in [4.78, 5) is 27.4. The number of fused-ring (bicyclic) bond motifs is 4. The summed E-state index contributed by atoms with van der Waals surface area (Å²) in [6.45, 7) is 2.90. The van der Waals surface area contributed by atoms with E-state index in [1.54, 1.807) is 6.92 Å². The van der Waals surface area contributed by atoms with Crippen molar-refractivity contribution in [3.63, 3.8) is 0 Å². The van der Waals surface area contributed by atoms with E-state index in [9.17, 15) is 23.4 Å². The molecular weight excluding hydrogens is 996 g/mol. The second-order valence-corrected chi connectivity index (χ2v) is 23.3. The third-order valence-corrected chi connectivity index (χ3v) is 16.4. The molecule has 73 heavy (non-hydrogen) atoms. The van der Waals surface area contributed by atoms with Gasteiger partial charge in [0.05, 0.1) is 75.7 Å². The van der Waals surface area contributed by atoms with Crippen LogP contribution in [0.2, 0.25) is 10.0 Å². The van der Waals surface area contributed by atoms with Crippen LogP contribution < -0.4 is 9.47 Å². The topological polar surface area (TPSA) is 204 Å². The Morgan fingerprint density at radius 3 is 1.48 bits per heavy atom. The average molecular weight is 1050 g/mol. The normalized spacial score (nSPS) is 27.8. The number of H-pyrrole nitrogens is 2. The van der Waals surface area contributed by atoms with Crippen LogP contribution >= 0.6 is 23.2 Å². The minimum absolute atomic E-state index is 0.197. The fourth-order valence-electron chi connectivity index (χ4n) is 11.1. The molecule has 10 atom stereocenters. The number of halogens is 2. The van der Waals surface area contributed by atoms with Gasteiger partial charge in [0.2, 0.25) is 0 Å². The summed E-state index contributed by atoms with van der Waals surface area (Å²) >= 11 is 13.2. The van der Waals surface area contributed by atoms with Crippen LogP contribution in [0.4, 0.5) is 0 Å².